The van der Waals surface area contributed by atoms with Crippen molar-refractivity contribution in [2.45, 2.75) is 13.3 Å². The summed E-state index contributed by atoms with van der Waals surface area (Å²) in [6.45, 7) is 8.19. The maximum absolute atomic E-state index is 4.13. The first kappa shape index (κ1) is 10.0. The molecule has 60 valence electrons. The number of hydrogen-bond acceptors (Lipinski definition) is 2. The van der Waals surface area contributed by atoms with Gasteiger partial charge in [0.2, 0.25) is 0 Å². The van der Waals surface area contributed by atoms with Gasteiger partial charge >= 0.3 is 0 Å². The Labute approximate surface area is 69.5 Å². The summed E-state index contributed by atoms with van der Waals surface area (Å²) in [7, 11) is 2.11. The van der Waals surface area contributed by atoms with E-state index < -0.39 is 0 Å². The molecule has 0 unspecified atom stereocenters. The Balaban J connectivity index is 3.37. The van der Waals surface area contributed by atoms with Crippen molar-refractivity contribution in [2.24, 2.45) is 0 Å². The van der Waals surface area contributed by atoms with Crippen molar-refractivity contribution >= 4 is 12.6 Å². The van der Waals surface area contributed by atoms with Crippen molar-refractivity contribution < 1.29 is 0 Å². The third kappa shape index (κ3) is 4.89. The first-order valence-corrected chi connectivity index (χ1v) is 4.30. The fraction of sp³-hybridized carbons (Fsp3) is 0.750. The van der Waals surface area contributed by atoms with Crippen molar-refractivity contribution in [3.8, 4) is 0 Å². The SMILES string of the molecule is C=C(CS)CN(C)CCC. The minimum absolute atomic E-state index is 0.800. The Hall–Kier alpha value is 0.0500. The van der Waals surface area contributed by atoms with Gasteiger partial charge in [0, 0.05) is 12.3 Å². The molecule has 0 aromatic heterocycles. The summed E-state index contributed by atoms with van der Waals surface area (Å²) in [5.74, 6) is 0.800. The van der Waals surface area contributed by atoms with Crippen LogP contribution in [0.3, 0.4) is 0 Å². The molecule has 0 N–H and O–H groups in total. The van der Waals surface area contributed by atoms with Gasteiger partial charge in [0.05, 0.1) is 0 Å². The van der Waals surface area contributed by atoms with E-state index in [1.54, 1.807) is 0 Å². The normalized spacial score (nSPS) is 10.4. The number of nitrogens with zero attached hydrogens (tertiary/aromatic N) is 1. The molecule has 0 aliphatic rings. The molecule has 0 fully saturated rings. The van der Waals surface area contributed by atoms with Crippen molar-refractivity contribution in [2.75, 3.05) is 25.9 Å². The summed E-state index contributed by atoms with van der Waals surface area (Å²) in [6.07, 6.45) is 1.20. The minimum Gasteiger partial charge on any atom is -0.302 e. The third-order valence-corrected chi connectivity index (χ3v) is 1.77. The molecular weight excluding hydrogens is 142 g/mol. The second-order valence-corrected chi connectivity index (χ2v) is 2.96. The second-order valence-electron chi connectivity index (χ2n) is 2.65. The van der Waals surface area contributed by atoms with E-state index in [-0.39, 0.29) is 0 Å². The van der Waals surface area contributed by atoms with Crippen molar-refractivity contribution in [3.05, 3.63) is 12.2 Å². The van der Waals surface area contributed by atoms with Gasteiger partial charge in [-0.25, -0.2) is 0 Å². The van der Waals surface area contributed by atoms with Crippen LogP contribution in [-0.2, 0) is 0 Å². The van der Waals surface area contributed by atoms with Gasteiger partial charge in [-0.05, 0) is 20.0 Å². The zero-order valence-corrected chi connectivity index (χ0v) is 7.82. The lowest BCUT2D eigenvalue weighted by molar-refractivity contribution is 0.363. The fourth-order valence-corrected chi connectivity index (χ4v) is 0.992. The van der Waals surface area contributed by atoms with E-state index in [0.717, 1.165) is 18.8 Å². The van der Waals surface area contributed by atoms with Crippen molar-refractivity contribution in [1.82, 2.24) is 4.90 Å². The molecule has 0 saturated carbocycles. The molecule has 0 radical (unpaired) electrons. The molecule has 0 amide bonds. The van der Waals surface area contributed by atoms with E-state index >= 15 is 0 Å². The molecule has 0 aliphatic carbocycles. The molecule has 0 atom stereocenters. The lowest BCUT2D eigenvalue weighted by atomic mass is 10.3. The molecule has 0 rings (SSSR count). The van der Waals surface area contributed by atoms with Crippen LogP contribution in [0.4, 0.5) is 0 Å². The summed E-state index contributed by atoms with van der Waals surface area (Å²) >= 11 is 4.13. The maximum atomic E-state index is 4.13. The van der Waals surface area contributed by atoms with Gasteiger partial charge in [-0.1, -0.05) is 19.1 Å². The van der Waals surface area contributed by atoms with Gasteiger partial charge in [-0.15, -0.1) is 0 Å². The first-order valence-electron chi connectivity index (χ1n) is 3.66. The monoisotopic (exact) mass is 159 g/mol. The lowest BCUT2D eigenvalue weighted by Crippen LogP contribution is -2.21. The van der Waals surface area contributed by atoms with Crippen LogP contribution < -0.4 is 0 Å². The highest BCUT2D eigenvalue weighted by Gasteiger charge is 1.96. The van der Waals surface area contributed by atoms with Gasteiger partial charge in [-0.3, -0.25) is 0 Å². The Morgan fingerprint density at radius 3 is 2.60 bits per heavy atom. The standard InChI is InChI=1S/C8H17NS/c1-4-5-9(3)6-8(2)7-10/h10H,2,4-7H2,1,3H3. The van der Waals surface area contributed by atoms with E-state index in [4.69, 9.17) is 0 Å². The van der Waals surface area contributed by atoms with Crippen LogP contribution in [0.15, 0.2) is 12.2 Å². The minimum atomic E-state index is 0.800. The largest absolute Gasteiger partial charge is 0.302 e. The Morgan fingerprint density at radius 2 is 2.20 bits per heavy atom. The predicted octanol–water partition coefficient (Wildman–Crippen LogP) is 1.81. The van der Waals surface area contributed by atoms with Gasteiger partial charge in [-0.2, -0.15) is 12.6 Å². The molecule has 0 spiro atoms. The average Bonchev–Trinajstić information content (AvgIpc) is 1.88. The Morgan fingerprint density at radius 1 is 1.60 bits per heavy atom. The highest BCUT2D eigenvalue weighted by molar-refractivity contribution is 7.80. The first-order chi connectivity index (χ1) is 4.70. The number of rotatable bonds is 5. The molecular formula is C8H17NS. The van der Waals surface area contributed by atoms with Gasteiger partial charge in [0.15, 0.2) is 0 Å². The van der Waals surface area contributed by atoms with E-state index in [1.165, 1.54) is 12.0 Å². The second kappa shape index (κ2) is 5.81. The van der Waals surface area contributed by atoms with Crippen molar-refractivity contribution in [1.29, 1.82) is 0 Å². The van der Waals surface area contributed by atoms with Crippen LogP contribution in [0.2, 0.25) is 0 Å². The van der Waals surface area contributed by atoms with E-state index in [9.17, 15) is 0 Å². The fourth-order valence-electron chi connectivity index (χ4n) is 0.892. The number of hydrogen-bond donors (Lipinski definition) is 1. The molecule has 0 aromatic rings. The third-order valence-electron chi connectivity index (χ3n) is 1.32. The van der Waals surface area contributed by atoms with Crippen molar-refractivity contribution in [3.63, 3.8) is 0 Å². The number of likely N-dealkylation sites (N-methyl/N-ethyl adjacent to an activating group) is 1. The Kier molecular flexibility index (Phi) is 5.84. The summed E-state index contributed by atoms with van der Waals surface area (Å²) in [5, 5.41) is 0. The topological polar surface area (TPSA) is 3.24 Å². The smallest absolute Gasteiger partial charge is 0.0195 e. The van der Waals surface area contributed by atoms with Crippen LogP contribution in [-0.4, -0.2) is 30.8 Å². The molecule has 0 bridgehead atoms. The Bertz CT molecular complexity index is 101. The average molecular weight is 159 g/mol. The summed E-state index contributed by atoms with van der Waals surface area (Å²) in [5.41, 5.74) is 1.19. The summed E-state index contributed by atoms with van der Waals surface area (Å²) in [4.78, 5) is 2.26. The molecule has 0 aromatic carbocycles. The number of thiol groups is 1. The van der Waals surface area contributed by atoms with Gasteiger partial charge in [0.25, 0.3) is 0 Å². The predicted molar refractivity (Wildman–Crippen MR) is 50.8 cm³/mol. The molecule has 0 saturated heterocycles. The van der Waals surface area contributed by atoms with Gasteiger partial charge < -0.3 is 4.90 Å². The zero-order valence-electron chi connectivity index (χ0n) is 6.93. The highest BCUT2D eigenvalue weighted by atomic mass is 32.1. The molecule has 1 nitrogen and oxygen atoms in total. The van der Waals surface area contributed by atoms with E-state index in [0.29, 0.717) is 0 Å². The van der Waals surface area contributed by atoms with E-state index in [1.807, 2.05) is 0 Å². The molecule has 0 heterocycles. The van der Waals surface area contributed by atoms with Crippen LogP contribution in [0, 0.1) is 0 Å². The van der Waals surface area contributed by atoms with Crippen LogP contribution in [0.25, 0.3) is 0 Å². The molecule has 2 heteroatoms. The maximum Gasteiger partial charge on any atom is 0.0195 e. The highest BCUT2D eigenvalue weighted by Crippen LogP contribution is 1.96. The van der Waals surface area contributed by atoms with E-state index in [2.05, 4.69) is 38.1 Å². The van der Waals surface area contributed by atoms with Crippen LogP contribution in [0.5, 0.6) is 0 Å². The summed E-state index contributed by atoms with van der Waals surface area (Å²) in [6, 6.07) is 0. The van der Waals surface area contributed by atoms with Crippen LogP contribution >= 0.6 is 12.6 Å². The molecule has 0 aliphatic heterocycles. The van der Waals surface area contributed by atoms with Gasteiger partial charge in [0.1, 0.15) is 0 Å². The lowest BCUT2D eigenvalue weighted by Gasteiger charge is -2.15. The quantitative estimate of drug-likeness (QED) is 0.473. The van der Waals surface area contributed by atoms with Crippen LogP contribution in [0.1, 0.15) is 13.3 Å². The molecule has 10 heavy (non-hydrogen) atoms. The zero-order chi connectivity index (χ0) is 7.98. The summed E-state index contributed by atoms with van der Waals surface area (Å²) < 4.78 is 0.